The van der Waals surface area contributed by atoms with E-state index >= 15 is 0 Å². The van der Waals surface area contributed by atoms with Gasteiger partial charge in [-0.15, -0.1) is 24.0 Å². The summed E-state index contributed by atoms with van der Waals surface area (Å²) in [5.41, 5.74) is 2.56. The van der Waals surface area contributed by atoms with E-state index in [0.29, 0.717) is 25.0 Å². The monoisotopic (exact) mass is 530 g/mol. The van der Waals surface area contributed by atoms with Crippen LogP contribution in [-0.2, 0) is 16.4 Å². The second-order valence-corrected chi connectivity index (χ2v) is 8.57. The molecule has 0 amide bonds. The molecule has 0 radical (unpaired) electrons. The van der Waals surface area contributed by atoms with E-state index in [4.69, 9.17) is 0 Å². The SMILES string of the molecule is CCS(=O)(=O)NCCNC(=NC)NCC(Cc1ccccc1)c1ccccc1.I. The molecule has 2 rings (SSSR count). The second kappa shape index (κ2) is 13.6. The number of hydrogen-bond donors (Lipinski definition) is 3. The first-order valence-corrected chi connectivity index (χ1v) is 11.2. The molecular formula is C21H31IN4O2S. The first kappa shape index (κ1) is 25.4. The summed E-state index contributed by atoms with van der Waals surface area (Å²) in [4.78, 5) is 4.23. The highest BCUT2D eigenvalue weighted by Crippen LogP contribution is 2.20. The van der Waals surface area contributed by atoms with Gasteiger partial charge >= 0.3 is 0 Å². The number of nitrogens with zero attached hydrogens (tertiary/aromatic N) is 1. The molecule has 160 valence electrons. The number of nitrogens with one attached hydrogen (secondary N) is 3. The van der Waals surface area contributed by atoms with Gasteiger partial charge in [-0.2, -0.15) is 0 Å². The highest BCUT2D eigenvalue weighted by molar-refractivity contribution is 14.0. The van der Waals surface area contributed by atoms with Gasteiger partial charge in [0.15, 0.2) is 5.96 Å². The summed E-state index contributed by atoms with van der Waals surface area (Å²) in [6.07, 6.45) is 0.922. The Morgan fingerprint density at radius 3 is 2.17 bits per heavy atom. The Morgan fingerprint density at radius 2 is 1.59 bits per heavy atom. The highest BCUT2D eigenvalue weighted by Gasteiger charge is 2.13. The molecule has 0 fully saturated rings. The summed E-state index contributed by atoms with van der Waals surface area (Å²) in [5, 5.41) is 6.51. The van der Waals surface area contributed by atoms with Crippen molar-refractivity contribution >= 4 is 40.0 Å². The van der Waals surface area contributed by atoms with Gasteiger partial charge in [0.05, 0.1) is 5.75 Å². The minimum atomic E-state index is -3.17. The van der Waals surface area contributed by atoms with E-state index in [9.17, 15) is 8.42 Å². The molecule has 0 aliphatic heterocycles. The third kappa shape index (κ3) is 9.60. The summed E-state index contributed by atoms with van der Waals surface area (Å²) in [5.74, 6) is 1.03. The Hall–Kier alpha value is -1.65. The molecule has 2 aromatic rings. The number of sulfonamides is 1. The number of benzene rings is 2. The van der Waals surface area contributed by atoms with Crippen LogP contribution in [0.1, 0.15) is 24.0 Å². The largest absolute Gasteiger partial charge is 0.356 e. The first-order chi connectivity index (χ1) is 13.5. The number of aliphatic imine (C=N–C) groups is 1. The topological polar surface area (TPSA) is 82.6 Å². The maximum absolute atomic E-state index is 11.5. The van der Waals surface area contributed by atoms with Crippen molar-refractivity contribution in [2.45, 2.75) is 19.3 Å². The lowest BCUT2D eigenvalue weighted by Crippen LogP contribution is -2.43. The van der Waals surface area contributed by atoms with Crippen LogP contribution in [0.15, 0.2) is 65.7 Å². The normalized spacial score (nSPS) is 12.7. The Bertz CT molecular complexity index is 830. The minimum absolute atomic E-state index is 0. The molecule has 0 heterocycles. The fraction of sp³-hybridized carbons (Fsp3) is 0.381. The number of hydrogen-bond acceptors (Lipinski definition) is 3. The third-order valence-electron chi connectivity index (χ3n) is 4.45. The molecule has 0 saturated heterocycles. The van der Waals surface area contributed by atoms with Crippen LogP contribution < -0.4 is 15.4 Å². The van der Waals surface area contributed by atoms with E-state index in [1.807, 2.05) is 12.1 Å². The van der Waals surface area contributed by atoms with Gasteiger partial charge in [0.1, 0.15) is 0 Å². The average molecular weight is 530 g/mol. The first-order valence-electron chi connectivity index (χ1n) is 9.54. The van der Waals surface area contributed by atoms with E-state index < -0.39 is 10.0 Å². The van der Waals surface area contributed by atoms with Crippen molar-refractivity contribution in [3.63, 3.8) is 0 Å². The molecule has 2 aromatic carbocycles. The van der Waals surface area contributed by atoms with Gasteiger partial charge in [0.25, 0.3) is 0 Å². The average Bonchev–Trinajstić information content (AvgIpc) is 2.73. The van der Waals surface area contributed by atoms with E-state index in [1.165, 1.54) is 11.1 Å². The summed E-state index contributed by atoms with van der Waals surface area (Å²) < 4.78 is 25.5. The molecule has 0 saturated carbocycles. The van der Waals surface area contributed by atoms with Gasteiger partial charge in [-0.3, -0.25) is 4.99 Å². The molecule has 1 unspecified atom stereocenters. The van der Waals surface area contributed by atoms with Gasteiger partial charge in [-0.05, 0) is 24.5 Å². The van der Waals surface area contributed by atoms with Crippen LogP contribution in [0.3, 0.4) is 0 Å². The van der Waals surface area contributed by atoms with Crippen LogP contribution in [0.2, 0.25) is 0 Å². The van der Waals surface area contributed by atoms with E-state index in [1.54, 1.807) is 14.0 Å². The summed E-state index contributed by atoms with van der Waals surface area (Å²) in [6.45, 7) is 3.13. The lowest BCUT2D eigenvalue weighted by molar-refractivity contribution is 0.581. The van der Waals surface area contributed by atoms with E-state index in [2.05, 4.69) is 68.9 Å². The molecule has 1 atom stereocenters. The highest BCUT2D eigenvalue weighted by atomic mass is 127. The van der Waals surface area contributed by atoms with E-state index in [-0.39, 0.29) is 29.7 Å². The summed E-state index contributed by atoms with van der Waals surface area (Å²) >= 11 is 0. The smallest absolute Gasteiger partial charge is 0.211 e. The maximum atomic E-state index is 11.5. The molecular weight excluding hydrogens is 499 g/mol. The lowest BCUT2D eigenvalue weighted by Gasteiger charge is -2.20. The van der Waals surface area contributed by atoms with Crippen LogP contribution in [0.5, 0.6) is 0 Å². The van der Waals surface area contributed by atoms with Gasteiger partial charge < -0.3 is 10.6 Å². The summed E-state index contributed by atoms with van der Waals surface area (Å²) in [7, 11) is -1.46. The standard InChI is InChI=1S/C21H30N4O2S.HI/c1-3-28(26,27)25-15-14-23-21(22-2)24-17-20(19-12-8-5-9-13-19)16-18-10-6-4-7-11-18;/h4-13,20,25H,3,14-17H2,1-2H3,(H2,22,23,24);1H. The van der Waals surface area contributed by atoms with Crippen molar-refractivity contribution in [2.24, 2.45) is 4.99 Å². The predicted octanol–water partition coefficient (Wildman–Crippen LogP) is 2.74. The third-order valence-corrected chi connectivity index (χ3v) is 5.86. The number of rotatable bonds is 10. The van der Waals surface area contributed by atoms with Crippen molar-refractivity contribution < 1.29 is 8.42 Å². The van der Waals surface area contributed by atoms with Crippen LogP contribution in [0, 0.1) is 0 Å². The minimum Gasteiger partial charge on any atom is -0.356 e. The Kier molecular flexibility index (Phi) is 11.9. The summed E-state index contributed by atoms with van der Waals surface area (Å²) in [6, 6.07) is 20.8. The molecule has 0 aliphatic carbocycles. The van der Waals surface area contributed by atoms with Crippen molar-refractivity contribution in [3.8, 4) is 0 Å². The molecule has 0 spiro atoms. The van der Waals surface area contributed by atoms with Crippen molar-refractivity contribution in [1.29, 1.82) is 0 Å². The molecule has 3 N–H and O–H groups in total. The van der Waals surface area contributed by atoms with Crippen LogP contribution in [-0.4, -0.2) is 46.8 Å². The van der Waals surface area contributed by atoms with Crippen LogP contribution >= 0.6 is 24.0 Å². The quantitative estimate of drug-likeness (QED) is 0.191. The molecule has 0 aromatic heterocycles. The van der Waals surface area contributed by atoms with Crippen LogP contribution in [0.4, 0.5) is 0 Å². The fourth-order valence-corrected chi connectivity index (χ4v) is 3.48. The lowest BCUT2D eigenvalue weighted by atomic mass is 9.92. The van der Waals surface area contributed by atoms with Gasteiger partial charge in [-0.25, -0.2) is 13.1 Å². The van der Waals surface area contributed by atoms with Gasteiger partial charge in [-0.1, -0.05) is 60.7 Å². The zero-order chi connectivity index (χ0) is 20.2. The molecule has 8 heteroatoms. The van der Waals surface area contributed by atoms with Gasteiger partial charge in [0, 0.05) is 32.6 Å². The predicted molar refractivity (Wildman–Crippen MR) is 132 cm³/mol. The Balaban J connectivity index is 0.00000420. The molecule has 0 aliphatic rings. The molecule has 29 heavy (non-hydrogen) atoms. The van der Waals surface area contributed by atoms with Gasteiger partial charge in [0.2, 0.25) is 10.0 Å². The van der Waals surface area contributed by atoms with Crippen molar-refractivity contribution in [3.05, 3.63) is 71.8 Å². The Labute approximate surface area is 191 Å². The Morgan fingerprint density at radius 1 is 0.966 bits per heavy atom. The second-order valence-electron chi connectivity index (χ2n) is 6.47. The van der Waals surface area contributed by atoms with Crippen molar-refractivity contribution in [1.82, 2.24) is 15.4 Å². The number of halogens is 1. The van der Waals surface area contributed by atoms with Crippen LogP contribution in [0.25, 0.3) is 0 Å². The molecule has 0 bridgehead atoms. The fourth-order valence-electron chi connectivity index (χ4n) is 2.86. The van der Waals surface area contributed by atoms with Crippen molar-refractivity contribution in [2.75, 3.05) is 32.4 Å². The number of guanidine groups is 1. The zero-order valence-corrected chi connectivity index (χ0v) is 20.1. The molecule has 6 nitrogen and oxygen atoms in total. The zero-order valence-electron chi connectivity index (χ0n) is 17.0. The van der Waals surface area contributed by atoms with E-state index in [0.717, 1.165) is 13.0 Å². The maximum Gasteiger partial charge on any atom is 0.211 e.